The quantitative estimate of drug-likeness (QED) is 0.846. The van der Waals surface area contributed by atoms with Crippen molar-refractivity contribution < 1.29 is 18.8 Å². The molecular weight excluding hydrogens is 346 g/mol. The summed E-state index contributed by atoms with van der Waals surface area (Å²) in [6.07, 6.45) is 4.32. The van der Waals surface area contributed by atoms with Gasteiger partial charge in [-0.2, -0.15) is 0 Å². The summed E-state index contributed by atoms with van der Waals surface area (Å²) >= 11 is 0. The molecule has 0 bridgehead atoms. The van der Waals surface area contributed by atoms with Crippen molar-refractivity contribution in [3.63, 3.8) is 0 Å². The van der Waals surface area contributed by atoms with E-state index in [9.17, 15) is 14.4 Å². The normalized spacial score (nSPS) is 16.6. The van der Waals surface area contributed by atoms with Gasteiger partial charge in [-0.25, -0.2) is 0 Å². The number of rotatable bonds is 5. The highest BCUT2D eigenvalue weighted by molar-refractivity contribution is 6.03. The summed E-state index contributed by atoms with van der Waals surface area (Å²) in [4.78, 5) is 38.6. The van der Waals surface area contributed by atoms with Crippen LogP contribution in [0.15, 0.2) is 47.1 Å². The van der Waals surface area contributed by atoms with Gasteiger partial charge in [0.15, 0.2) is 5.76 Å². The van der Waals surface area contributed by atoms with E-state index >= 15 is 0 Å². The number of nitrogens with zero attached hydrogens (tertiary/aromatic N) is 1. The summed E-state index contributed by atoms with van der Waals surface area (Å²) in [5.41, 5.74) is 1.10. The molecule has 142 valence electrons. The van der Waals surface area contributed by atoms with E-state index in [2.05, 4.69) is 10.6 Å². The molecule has 1 aromatic carbocycles. The predicted molar refractivity (Wildman–Crippen MR) is 101 cm³/mol. The fourth-order valence-corrected chi connectivity index (χ4v) is 3.21. The Labute approximate surface area is 157 Å². The smallest absolute Gasteiger partial charge is 0.291 e. The summed E-state index contributed by atoms with van der Waals surface area (Å²) in [6.45, 7) is 2.42. The number of benzene rings is 1. The van der Waals surface area contributed by atoms with Crippen LogP contribution in [0, 0.1) is 0 Å². The Morgan fingerprint density at radius 2 is 1.89 bits per heavy atom. The lowest BCUT2D eigenvalue weighted by molar-refractivity contribution is -0.140. The standard InChI is InChI=1S/C20H23N3O4/c1-2-18(24)23-11-4-3-9-16(23)19(25)21-14-7-5-8-15(13-14)22-20(26)17-10-6-12-27-17/h5-8,10,12-13,16H,2-4,9,11H2,1H3,(H,21,25)(H,22,26). The summed E-state index contributed by atoms with van der Waals surface area (Å²) in [7, 11) is 0. The van der Waals surface area contributed by atoms with Gasteiger partial charge >= 0.3 is 0 Å². The van der Waals surface area contributed by atoms with Gasteiger partial charge in [0.2, 0.25) is 11.8 Å². The summed E-state index contributed by atoms with van der Waals surface area (Å²) < 4.78 is 5.07. The van der Waals surface area contributed by atoms with Crippen LogP contribution < -0.4 is 10.6 Å². The topological polar surface area (TPSA) is 91.7 Å². The second-order valence-corrected chi connectivity index (χ2v) is 6.45. The second kappa shape index (κ2) is 8.53. The van der Waals surface area contributed by atoms with Crippen LogP contribution in [0.4, 0.5) is 11.4 Å². The van der Waals surface area contributed by atoms with Crippen LogP contribution in [-0.4, -0.2) is 35.2 Å². The van der Waals surface area contributed by atoms with Gasteiger partial charge in [-0.3, -0.25) is 14.4 Å². The number of furan rings is 1. The SMILES string of the molecule is CCC(=O)N1CCCCC1C(=O)Nc1cccc(NC(=O)c2ccco2)c1. The van der Waals surface area contributed by atoms with Crippen molar-refractivity contribution in [1.29, 1.82) is 0 Å². The minimum atomic E-state index is -0.451. The molecule has 0 saturated carbocycles. The Kier molecular flexibility index (Phi) is 5.90. The largest absolute Gasteiger partial charge is 0.459 e. The first-order valence-electron chi connectivity index (χ1n) is 9.13. The van der Waals surface area contributed by atoms with Gasteiger partial charge in [0.05, 0.1) is 6.26 Å². The maximum atomic E-state index is 12.7. The molecule has 0 radical (unpaired) electrons. The van der Waals surface area contributed by atoms with Crippen LogP contribution in [-0.2, 0) is 9.59 Å². The number of carbonyl (C=O) groups excluding carboxylic acids is 3. The average molecular weight is 369 g/mol. The highest BCUT2D eigenvalue weighted by Gasteiger charge is 2.31. The number of likely N-dealkylation sites (tertiary alicyclic amines) is 1. The van der Waals surface area contributed by atoms with Crippen molar-refractivity contribution in [3.05, 3.63) is 48.4 Å². The zero-order chi connectivity index (χ0) is 19.2. The third-order valence-electron chi connectivity index (χ3n) is 4.56. The Balaban J connectivity index is 1.67. The van der Waals surface area contributed by atoms with Crippen molar-refractivity contribution >= 4 is 29.1 Å². The molecule has 7 heteroatoms. The van der Waals surface area contributed by atoms with E-state index in [1.54, 1.807) is 48.2 Å². The number of piperidine rings is 1. The second-order valence-electron chi connectivity index (χ2n) is 6.45. The van der Waals surface area contributed by atoms with E-state index in [0.717, 1.165) is 12.8 Å². The molecule has 1 aliphatic heterocycles. The first kappa shape index (κ1) is 18.7. The fraction of sp³-hybridized carbons (Fsp3) is 0.350. The van der Waals surface area contributed by atoms with Crippen molar-refractivity contribution in [2.45, 2.75) is 38.6 Å². The third kappa shape index (κ3) is 4.55. The van der Waals surface area contributed by atoms with Crippen LogP contribution in [0.5, 0.6) is 0 Å². The molecule has 3 amide bonds. The molecule has 1 saturated heterocycles. The predicted octanol–water partition coefficient (Wildman–Crippen LogP) is 3.26. The Bertz CT molecular complexity index is 816. The van der Waals surface area contributed by atoms with Crippen LogP contribution in [0.1, 0.15) is 43.2 Å². The molecule has 0 spiro atoms. The van der Waals surface area contributed by atoms with Gasteiger partial charge in [0, 0.05) is 24.3 Å². The molecule has 1 unspecified atom stereocenters. The van der Waals surface area contributed by atoms with E-state index in [0.29, 0.717) is 30.8 Å². The van der Waals surface area contributed by atoms with E-state index in [-0.39, 0.29) is 23.5 Å². The highest BCUT2D eigenvalue weighted by Crippen LogP contribution is 2.21. The average Bonchev–Trinajstić information content (AvgIpc) is 3.22. The van der Waals surface area contributed by atoms with Gasteiger partial charge in [-0.15, -0.1) is 0 Å². The number of anilines is 2. The Morgan fingerprint density at radius 1 is 1.11 bits per heavy atom. The summed E-state index contributed by atoms with van der Waals surface area (Å²) in [5.74, 6) is -0.365. The van der Waals surface area contributed by atoms with Crippen LogP contribution in [0.25, 0.3) is 0 Å². The van der Waals surface area contributed by atoms with Crippen molar-refractivity contribution in [2.24, 2.45) is 0 Å². The van der Waals surface area contributed by atoms with E-state index < -0.39 is 6.04 Å². The molecule has 27 heavy (non-hydrogen) atoms. The monoisotopic (exact) mass is 369 g/mol. The Hall–Kier alpha value is -3.09. The molecule has 1 aliphatic rings. The van der Waals surface area contributed by atoms with Gasteiger partial charge in [0.25, 0.3) is 5.91 Å². The minimum absolute atomic E-state index is 0.00527. The maximum Gasteiger partial charge on any atom is 0.291 e. The molecule has 0 aliphatic carbocycles. The Morgan fingerprint density at radius 3 is 2.59 bits per heavy atom. The van der Waals surface area contributed by atoms with Crippen molar-refractivity contribution in [3.8, 4) is 0 Å². The molecule has 2 heterocycles. The van der Waals surface area contributed by atoms with E-state index in [1.807, 2.05) is 0 Å². The van der Waals surface area contributed by atoms with Crippen LogP contribution >= 0.6 is 0 Å². The summed E-state index contributed by atoms with van der Waals surface area (Å²) in [5, 5.41) is 5.59. The molecule has 2 N–H and O–H groups in total. The lowest BCUT2D eigenvalue weighted by Crippen LogP contribution is -2.49. The van der Waals surface area contributed by atoms with Crippen LogP contribution in [0.2, 0.25) is 0 Å². The van der Waals surface area contributed by atoms with Gasteiger partial charge in [0.1, 0.15) is 6.04 Å². The van der Waals surface area contributed by atoms with Gasteiger partial charge in [-0.1, -0.05) is 13.0 Å². The maximum absolute atomic E-state index is 12.7. The minimum Gasteiger partial charge on any atom is -0.459 e. The number of hydrogen-bond acceptors (Lipinski definition) is 4. The first-order valence-corrected chi connectivity index (χ1v) is 9.13. The zero-order valence-corrected chi connectivity index (χ0v) is 15.2. The number of amides is 3. The lowest BCUT2D eigenvalue weighted by Gasteiger charge is -2.34. The van der Waals surface area contributed by atoms with Crippen molar-refractivity contribution in [1.82, 2.24) is 4.90 Å². The first-order chi connectivity index (χ1) is 13.1. The number of hydrogen-bond donors (Lipinski definition) is 2. The molecule has 1 aromatic heterocycles. The molecule has 1 fully saturated rings. The van der Waals surface area contributed by atoms with Crippen molar-refractivity contribution in [2.75, 3.05) is 17.2 Å². The zero-order valence-electron chi connectivity index (χ0n) is 15.2. The van der Waals surface area contributed by atoms with Crippen LogP contribution in [0.3, 0.4) is 0 Å². The van der Waals surface area contributed by atoms with E-state index in [4.69, 9.17) is 4.42 Å². The summed E-state index contributed by atoms with van der Waals surface area (Å²) in [6, 6.07) is 9.64. The number of nitrogens with one attached hydrogen (secondary N) is 2. The number of carbonyl (C=O) groups is 3. The lowest BCUT2D eigenvalue weighted by atomic mass is 10.0. The molecule has 2 aromatic rings. The van der Waals surface area contributed by atoms with Gasteiger partial charge in [-0.05, 0) is 49.6 Å². The fourth-order valence-electron chi connectivity index (χ4n) is 3.21. The molecule has 7 nitrogen and oxygen atoms in total. The van der Waals surface area contributed by atoms with Gasteiger partial charge < -0.3 is 20.0 Å². The molecular formula is C20H23N3O4. The molecule has 1 atom stereocenters. The highest BCUT2D eigenvalue weighted by atomic mass is 16.3. The molecule has 3 rings (SSSR count). The van der Waals surface area contributed by atoms with E-state index in [1.165, 1.54) is 6.26 Å². The third-order valence-corrected chi connectivity index (χ3v) is 4.56.